The first-order valence-corrected chi connectivity index (χ1v) is 4.82. The molecular weight excluding hydrogens is 134 g/mol. The molecule has 0 aromatic heterocycles. The van der Waals surface area contributed by atoms with Gasteiger partial charge in [-0.25, -0.2) is 0 Å². The minimum atomic E-state index is 0.123. The molecule has 1 nitrogen and oxygen atoms in total. The lowest BCUT2D eigenvalue weighted by Crippen LogP contribution is -2.43. The van der Waals surface area contributed by atoms with Crippen molar-refractivity contribution in [3.05, 3.63) is 0 Å². The van der Waals surface area contributed by atoms with Gasteiger partial charge in [-0.05, 0) is 38.0 Å². The predicted octanol–water partition coefficient (Wildman–Crippen LogP) is 2.55. The molecule has 66 valence electrons. The predicted molar refractivity (Wildman–Crippen MR) is 49.4 cm³/mol. The van der Waals surface area contributed by atoms with E-state index in [2.05, 4.69) is 20.8 Å². The Labute approximate surface area is 70.4 Å². The van der Waals surface area contributed by atoms with Gasteiger partial charge in [-0.3, -0.25) is 0 Å². The van der Waals surface area contributed by atoms with Gasteiger partial charge in [-0.2, -0.15) is 0 Å². The molecule has 11 heavy (non-hydrogen) atoms. The minimum Gasteiger partial charge on any atom is -0.325 e. The van der Waals surface area contributed by atoms with Crippen LogP contribution < -0.4 is 5.73 Å². The third-order valence-corrected chi connectivity index (χ3v) is 2.88. The lowest BCUT2D eigenvalue weighted by atomic mass is 9.72. The number of rotatable bonds is 1. The summed E-state index contributed by atoms with van der Waals surface area (Å²) in [7, 11) is 0. The maximum atomic E-state index is 6.13. The summed E-state index contributed by atoms with van der Waals surface area (Å²) in [5, 5.41) is 0. The van der Waals surface area contributed by atoms with Gasteiger partial charge in [0.2, 0.25) is 0 Å². The van der Waals surface area contributed by atoms with Gasteiger partial charge in [0.25, 0.3) is 0 Å². The second kappa shape index (κ2) is 3.14. The Hall–Kier alpha value is -0.0400. The van der Waals surface area contributed by atoms with Crippen LogP contribution in [0.2, 0.25) is 0 Å². The van der Waals surface area contributed by atoms with Gasteiger partial charge >= 0.3 is 0 Å². The van der Waals surface area contributed by atoms with E-state index in [0.29, 0.717) is 0 Å². The molecule has 2 N–H and O–H groups in total. The van der Waals surface area contributed by atoms with E-state index in [9.17, 15) is 0 Å². The van der Waals surface area contributed by atoms with Crippen LogP contribution in [0.3, 0.4) is 0 Å². The highest BCUT2D eigenvalue weighted by Gasteiger charge is 2.31. The van der Waals surface area contributed by atoms with Crippen LogP contribution in [0.4, 0.5) is 0 Å². The first-order valence-electron chi connectivity index (χ1n) is 4.82. The minimum absolute atomic E-state index is 0.123. The van der Waals surface area contributed by atoms with Crippen LogP contribution >= 0.6 is 0 Å². The molecule has 0 spiro atoms. The van der Waals surface area contributed by atoms with Gasteiger partial charge in [0.05, 0.1) is 0 Å². The van der Waals surface area contributed by atoms with E-state index in [0.717, 1.165) is 11.8 Å². The van der Waals surface area contributed by atoms with Crippen molar-refractivity contribution in [2.24, 2.45) is 17.6 Å². The Balaban J connectivity index is 2.51. The van der Waals surface area contributed by atoms with E-state index in [-0.39, 0.29) is 5.54 Å². The third-order valence-electron chi connectivity index (χ3n) is 2.88. The first-order chi connectivity index (χ1) is 5.03. The molecule has 0 aliphatic heterocycles. The Kier molecular flexibility index (Phi) is 2.58. The van der Waals surface area contributed by atoms with Crippen molar-refractivity contribution in [2.75, 3.05) is 0 Å². The average molecular weight is 155 g/mol. The molecule has 3 atom stereocenters. The summed E-state index contributed by atoms with van der Waals surface area (Å²) in [5.41, 5.74) is 6.26. The van der Waals surface area contributed by atoms with E-state index in [1.165, 1.54) is 25.7 Å². The monoisotopic (exact) mass is 155 g/mol. The highest BCUT2D eigenvalue weighted by Crippen LogP contribution is 2.35. The molecule has 0 bridgehead atoms. The number of hydrogen-bond donors (Lipinski definition) is 1. The Bertz CT molecular complexity index is 129. The zero-order chi connectivity index (χ0) is 8.48. The molecule has 1 rings (SSSR count). The van der Waals surface area contributed by atoms with E-state index in [4.69, 9.17) is 5.73 Å². The maximum absolute atomic E-state index is 6.13. The van der Waals surface area contributed by atoms with Crippen molar-refractivity contribution in [1.29, 1.82) is 0 Å². The van der Waals surface area contributed by atoms with Crippen molar-refractivity contribution < 1.29 is 0 Å². The van der Waals surface area contributed by atoms with Crippen molar-refractivity contribution in [3.63, 3.8) is 0 Å². The molecule has 1 aliphatic carbocycles. The summed E-state index contributed by atoms with van der Waals surface area (Å²) in [4.78, 5) is 0. The van der Waals surface area contributed by atoms with E-state index in [1.54, 1.807) is 0 Å². The molecule has 0 amide bonds. The fourth-order valence-corrected chi connectivity index (χ4v) is 2.59. The Morgan fingerprint density at radius 1 is 1.45 bits per heavy atom. The van der Waals surface area contributed by atoms with Crippen LogP contribution in [0.5, 0.6) is 0 Å². The average Bonchev–Trinajstić information content (AvgIpc) is 1.83. The smallest absolute Gasteiger partial charge is 0.0131 e. The first kappa shape index (κ1) is 9.05. The van der Waals surface area contributed by atoms with Gasteiger partial charge in [-0.15, -0.1) is 0 Å². The third kappa shape index (κ3) is 2.48. The molecule has 0 radical (unpaired) electrons. The fourth-order valence-electron chi connectivity index (χ4n) is 2.59. The molecular formula is C10H21N. The van der Waals surface area contributed by atoms with Crippen molar-refractivity contribution in [2.45, 2.75) is 52.0 Å². The number of hydrogen-bond acceptors (Lipinski definition) is 1. The maximum Gasteiger partial charge on any atom is 0.0131 e. The van der Waals surface area contributed by atoms with Crippen LogP contribution in [0, 0.1) is 11.8 Å². The second-order valence-electron chi connectivity index (χ2n) is 4.68. The van der Waals surface area contributed by atoms with Crippen molar-refractivity contribution in [1.82, 2.24) is 0 Å². The molecule has 0 saturated heterocycles. The summed E-state index contributed by atoms with van der Waals surface area (Å²) in [6.45, 7) is 6.80. The van der Waals surface area contributed by atoms with Crippen LogP contribution in [0.15, 0.2) is 0 Å². The van der Waals surface area contributed by atoms with E-state index >= 15 is 0 Å². The lowest BCUT2D eigenvalue weighted by molar-refractivity contribution is 0.183. The quantitative estimate of drug-likeness (QED) is 0.618. The van der Waals surface area contributed by atoms with E-state index < -0.39 is 0 Å². The van der Waals surface area contributed by atoms with Crippen LogP contribution in [0.25, 0.3) is 0 Å². The van der Waals surface area contributed by atoms with E-state index in [1.807, 2.05) is 0 Å². The summed E-state index contributed by atoms with van der Waals surface area (Å²) in [5.74, 6) is 1.72. The van der Waals surface area contributed by atoms with Gasteiger partial charge in [-0.1, -0.05) is 20.3 Å². The normalized spacial score (nSPS) is 45.8. The molecule has 1 saturated carbocycles. The largest absolute Gasteiger partial charge is 0.325 e. The Morgan fingerprint density at radius 3 is 2.55 bits per heavy atom. The summed E-state index contributed by atoms with van der Waals surface area (Å²) in [6.07, 6.45) is 5.14. The Morgan fingerprint density at radius 2 is 2.09 bits per heavy atom. The van der Waals surface area contributed by atoms with Crippen LogP contribution in [-0.4, -0.2) is 5.54 Å². The fraction of sp³-hybridized carbons (Fsp3) is 1.00. The molecule has 0 heterocycles. The number of nitrogens with two attached hydrogens (primary N) is 1. The van der Waals surface area contributed by atoms with Crippen molar-refractivity contribution in [3.8, 4) is 0 Å². The summed E-state index contributed by atoms with van der Waals surface area (Å²) in [6, 6.07) is 0. The van der Waals surface area contributed by atoms with Gasteiger partial charge in [0.1, 0.15) is 0 Å². The molecule has 1 aliphatic rings. The van der Waals surface area contributed by atoms with Gasteiger partial charge in [0.15, 0.2) is 0 Å². The molecule has 1 heteroatoms. The SMILES string of the molecule is CCC1CC(C)CC(C)(N)C1. The highest BCUT2D eigenvalue weighted by molar-refractivity contribution is 4.88. The standard InChI is InChI=1S/C10H21N/c1-4-9-5-8(2)6-10(3,11)7-9/h8-9H,4-7,11H2,1-3H3. The van der Waals surface area contributed by atoms with Gasteiger partial charge in [0, 0.05) is 5.54 Å². The molecule has 3 unspecified atom stereocenters. The molecule has 1 fully saturated rings. The zero-order valence-corrected chi connectivity index (χ0v) is 8.06. The van der Waals surface area contributed by atoms with Crippen LogP contribution in [0.1, 0.15) is 46.5 Å². The summed E-state index contributed by atoms with van der Waals surface area (Å²) >= 11 is 0. The topological polar surface area (TPSA) is 26.0 Å². The second-order valence-corrected chi connectivity index (χ2v) is 4.68. The molecule has 0 aromatic carbocycles. The van der Waals surface area contributed by atoms with Gasteiger partial charge < -0.3 is 5.73 Å². The zero-order valence-electron chi connectivity index (χ0n) is 8.06. The lowest BCUT2D eigenvalue weighted by Gasteiger charge is -2.38. The summed E-state index contributed by atoms with van der Waals surface area (Å²) < 4.78 is 0. The molecule has 0 aromatic rings. The van der Waals surface area contributed by atoms with Crippen LogP contribution in [-0.2, 0) is 0 Å². The highest BCUT2D eigenvalue weighted by atomic mass is 14.7. The van der Waals surface area contributed by atoms with Crippen molar-refractivity contribution >= 4 is 0 Å².